The Morgan fingerprint density at radius 1 is 1.50 bits per heavy atom. The SMILES string of the molecule is CC(C)(C)CC(Cl)CNc1ccncc1Br. The van der Waals surface area contributed by atoms with Crippen LogP contribution in [0.5, 0.6) is 0 Å². The van der Waals surface area contributed by atoms with E-state index in [1.165, 1.54) is 0 Å². The molecule has 0 saturated carbocycles. The molecule has 0 bridgehead atoms. The fourth-order valence-corrected chi connectivity index (χ4v) is 2.41. The lowest BCUT2D eigenvalue weighted by Crippen LogP contribution is -2.20. The summed E-state index contributed by atoms with van der Waals surface area (Å²) in [5.74, 6) is 0. The van der Waals surface area contributed by atoms with Crippen LogP contribution in [0.1, 0.15) is 27.2 Å². The normalized spacial score (nSPS) is 13.6. The first kappa shape index (κ1) is 13.8. The van der Waals surface area contributed by atoms with Gasteiger partial charge in [-0.1, -0.05) is 20.8 Å². The van der Waals surface area contributed by atoms with E-state index in [-0.39, 0.29) is 10.8 Å². The summed E-state index contributed by atoms with van der Waals surface area (Å²) >= 11 is 9.71. The third kappa shape index (κ3) is 5.17. The molecule has 90 valence electrons. The van der Waals surface area contributed by atoms with Crippen LogP contribution in [0, 0.1) is 5.41 Å². The standard InChI is InChI=1S/C12H18BrClN2/c1-12(2,3)6-9(14)7-16-11-4-5-15-8-10(11)13/h4-5,8-9H,6-7H2,1-3H3,(H,15,16). The number of aromatic nitrogens is 1. The van der Waals surface area contributed by atoms with E-state index in [0.717, 1.165) is 23.1 Å². The van der Waals surface area contributed by atoms with Crippen LogP contribution in [0.3, 0.4) is 0 Å². The third-order valence-electron chi connectivity index (χ3n) is 2.12. The van der Waals surface area contributed by atoms with Crippen molar-refractivity contribution in [2.24, 2.45) is 5.41 Å². The Bertz CT molecular complexity index is 336. The molecule has 16 heavy (non-hydrogen) atoms. The van der Waals surface area contributed by atoms with E-state index >= 15 is 0 Å². The van der Waals surface area contributed by atoms with Crippen LogP contribution in [-0.4, -0.2) is 16.9 Å². The smallest absolute Gasteiger partial charge is 0.0590 e. The third-order valence-corrected chi connectivity index (χ3v) is 3.06. The largest absolute Gasteiger partial charge is 0.383 e. The number of alkyl halides is 1. The molecule has 1 unspecified atom stereocenters. The van der Waals surface area contributed by atoms with E-state index in [4.69, 9.17) is 11.6 Å². The molecule has 4 heteroatoms. The Morgan fingerprint density at radius 3 is 2.75 bits per heavy atom. The molecule has 0 fully saturated rings. The van der Waals surface area contributed by atoms with Crippen LogP contribution >= 0.6 is 27.5 Å². The molecule has 1 N–H and O–H groups in total. The Labute approximate surface area is 111 Å². The van der Waals surface area contributed by atoms with Gasteiger partial charge in [0.25, 0.3) is 0 Å². The summed E-state index contributed by atoms with van der Waals surface area (Å²) in [6.45, 7) is 7.36. The van der Waals surface area contributed by atoms with E-state index in [1.54, 1.807) is 12.4 Å². The maximum Gasteiger partial charge on any atom is 0.0590 e. The van der Waals surface area contributed by atoms with Crippen molar-refractivity contribution in [3.05, 3.63) is 22.9 Å². The Kier molecular flexibility index (Phi) is 5.06. The summed E-state index contributed by atoms with van der Waals surface area (Å²) < 4.78 is 0.967. The molecule has 0 aliphatic rings. The highest BCUT2D eigenvalue weighted by molar-refractivity contribution is 9.10. The first-order chi connectivity index (χ1) is 7.38. The maximum absolute atomic E-state index is 6.27. The van der Waals surface area contributed by atoms with E-state index in [1.807, 2.05) is 6.07 Å². The molecule has 0 saturated heterocycles. The van der Waals surface area contributed by atoms with Crippen molar-refractivity contribution in [1.29, 1.82) is 0 Å². The highest BCUT2D eigenvalue weighted by Crippen LogP contribution is 2.25. The van der Waals surface area contributed by atoms with Crippen molar-refractivity contribution in [1.82, 2.24) is 4.98 Å². The average Bonchev–Trinajstić information content (AvgIpc) is 2.14. The van der Waals surface area contributed by atoms with E-state index in [2.05, 4.69) is 47.0 Å². The summed E-state index contributed by atoms with van der Waals surface area (Å²) in [5.41, 5.74) is 1.30. The van der Waals surface area contributed by atoms with Crippen molar-refractivity contribution >= 4 is 33.2 Å². The Hall–Kier alpha value is -0.280. The molecule has 1 aromatic rings. The second-order valence-corrected chi connectivity index (χ2v) is 6.57. The summed E-state index contributed by atoms with van der Waals surface area (Å²) in [6.07, 6.45) is 4.53. The van der Waals surface area contributed by atoms with Gasteiger partial charge in [0, 0.05) is 18.9 Å². The van der Waals surface area contributed by atoms with Crippen LogP contribution in [-0.2, 0) is 0 Å². The van der Waals surface area contributed by atoms with E-state index in [9.17, 15) is 0 Å². The molecule has 1 atom stereocenters. The first-order valence-electron chi connectivity index (χ1n) is 5.36. The van der Waals surface area contributed by atoms with Crippen molar-refractivity contribution in [2.45, 2.75) is 32.6 Å². The quantitative estimate of drug-likeness (QED) is 0.839. The molecule has 2 nitrogen and oxygen atoms in total. The number of anilines is 1. The average molecular weight is 306 g/mol. The van der Waals surface area contributed by atoms with E-state index < -0.39 is 0 Å². The van der Waals surface area contributed by atoms with Gasteiger partial charge in [-0.15, -0.1) is 11.6 Å². The fraction of sp³-hybridized carbons (Fsp3) is 0.583. The lowest BCUT2D eigenvalue weighted by atomic mass is 9.90. The molecule has 0 spiro atoms. The van der Waals surface area contributed by atoms with Crippen LogP contribution in [0.4, 0.5) is 5.69 Å². The van der Waals surface area contributed by atoms with Gasteiger partial charge in [-0.2, -0.15) is 0 Å². The second-order valence-electron chi connectivity index (χ2n) is 5.10. The van der Waals surface area contributed by atoms with Gasteiger partial charge >= 0.3 is 0 Å². The molecule has 0 radical (unpaired) electrons. The van der Waals surface area contributed by atoms with Gasteiger partial charge in [-0.05, 0) is 33.8 Å². The fourth-order valence-electron chi connectivity index (χ4n) is 1.48. The monoisotopic (exact) mass is 304 g/mol. The lowest BCUT2D eigenvalue weighted by Gasteiger charge is -2.22. The number of pyridine rings is 1. The van der Waals surface area contributed by atoms with Crippen LogP contribution < -0.4 is 5.32 Å². The molecule has 1 rings (SSSR count). The van der Waals surface area contributed by atoms with Crippen molar-refractivity contribution in [3.63, 3.8) is 0 Å². The predicted octanol–water partition coefficient (Wildman–Crippen LogP) is 4.30. The van der Waals surface area contributed by atoms with Crippen LogP contribution in [0.2, 0.25) is 0 Å². The van der Waals surface area contributed by atoms with Crippen molar-refractivity contribution in [2.75, 3.05) is 11.9 Å². The minimum Gasteiger partial charge on any atom is -0.383 e. The molecular formula is C12H18BrClN2. The van der Waals surface area contributed by atoms with Gasteiger partial charge in [0.15, 0.2) is 0 Å². The van der Waals surface area contributed by atoms with Gasteiger partial charge in [0.05, 0.1) is 15.5 Å². The summed E-state index contributed by atoms with van der Waals surface area (Å²) in [7, 11) is 0. The molecule has 1 heterocycles. The first-order valence-corrected chi connectivity index (χ1v) is 6.59. The Balaban J connectivity index is 2.43. The summed E-state index contributed by atoms with van der Waals surface area (Å²) in [4.78, 5) is 4.01. The predicted molar refractivity (Wildman–Crippen MR) is 74.1 cm³/mol. The second kappa shape index (κ2) is 5.87. The topological polar surface area (TPSA) is 24.9 Å². The van der Waals surface area contributed by atoms with Gasteiger partial charge in [-0.25, -0.2) is 0 Å². The molecule has 1 aromatic heterocycles. The molecular weight excluding hydrogens is 288 g/mol. The molecule has 0 amide bonds. The summed E-state index contributed by atoms with van der Waals surface area (Å²) in [5, 5.41) is 3.46. The van der Waals surface area contributed by atoms with Crippen LogP contribution in [0.25, 0.3) is 0 Å². The number of halogens is 2. The van der Waals surface area contributed by atoms with Gasteiger partial charge in [0.2, 0.25) is 0 Å². The molecule has 0 aromatic carbocycles. The molecule has 0 aliphatic heterocycles. The zero-order valence-electron chi connectivity index (χ0n) is 9.93. The maximum atomic E-state index is 6.27. The number of nitrogens with one attached hydrogen (secondary N) is 1. The number of rotatable bonds is 4. The highest BCUT2D eigenvalue weighted by Gasteiger charge is 2.16. The van der Waals surface area contributed by atoms with Gasteiger partial charge < -0.3 is 5.32 Å². The van der Waals surface area contributed by atoms with Gasteiger partial charge in [-0.3, -0.25) is 4.98 Å². The molecule has 0 aliphatic carbocycles. The van der Waals surface area contributed by atoms with Crippen molar-refractivity contribution in [3.8, 4) is 0 Å². The zero-order chi connectivity index (χ0) is 12.2. The Morgan fingerprint density at radius 2 is 2.19 bits per heavy atom. The number of nitrogens with zero attached hydrogens (tertiary/aromatic N) is 1. The van der Waals surface area contributed by atoms with Crippen molar-refractivity contribution < 1.29 is 0 Å². The number of hydrogen-bond acceptors (Lipinski definition) is 2. The zero-order valence-corrected chi connectivity index (χ0v) is 12.3. The highest BCUT2D eigenvalue weighted by atomic mass is 79.9. The van der Waals surface area contributed by atoms with Crippen LogP contribution in [0.15, 0.2) is 22.9 Å². The minimum absolute atomic E-state index is 0.139. The summed E-state index contributed by atoms with van der Waals surface area (Å²) in [6, 6.07) is 1.94. The van der Waals surface area contributed by atoms with E-state index in [0.29, 0.717) is 0 Å². The number of hydrogen-bond donors (Lipinski definition) is 1. The minimum atomic E-state index is 0.139. The van der Waals surface area contributed by atoms with Gasteiger partial charge in [0.1, 0.15) is 0 Å². The lowest BCUT2D eigenvalue weighted by molar-refractivity contribution is 0.373.